The van der Waals surface area contributed by atoms with Gasteiger partial charge in [-0.05, 0) is 18.2 Å². The number of carbonyl (C=O) groups is 1. The number of aromatic nitrogens is 1. The average Bonchev–Trinajstić information content (AvgIpc) is 2.46. The Morgan fingerprint density at radius 2 is 1.90 bits per heavy atom. The highest BCUT2D eigenvalue weighted by Crippen LogP contribution is 2.32. The highest BCUT2D eigenvalue weighted by atomic mass is 19.4. The summed E-state index contributed by atoms with van der Waals surface area (Å²) >= 11 is 0. The zero-order valence-corrected chi connectivity index (χ0v) is 11.1. The Bertz CT molecular complexity index is 653. The first kappa shape index (κ1) is 15.0. The molecule has 110 valence electrons. The predicted octanol–water partition coefficient (Wildman–Crippen LogP) is 4.08. The van der Waals surface area contributed by atoms with E-state index >= 15 is 0 Å². The van der Waals surface area contributed by atoms with Gasteiger partial charge in [-0.15, -0.1) is 0 Å². The number of hydrogen-bond donors (Lipinski definition) is 0. The van der Waals surface area contributed by atoms with E-state index in [-0.39, 0.29) is 12.3 Å². The van der Waals surface area contributed by atoms with Crippen LogP contribution in [-0.2, 0) is 11.0 Å². The van der Waals surface area contributed by atoms with Crippen LogP contribution in [0.2, 0.25) is 0 Å². The van der Waals surface area contributed by atoms with Crippen molar-refractivity contribution < 1.29 is 22.7 Å². The van der Waals surface area contributed by atoms with Crippen molar-refractivity contribution in [3.63, 3.8) is 0 Å². The predicted molar refractivity (Wildman–Crippen MR) is 70.6 cm³/mol. The number of esters is 1. The minimum absolute atomic E-state index is 0.0664. The Kier molecular flexibility index (Phi) is 4.26. The van der Waals surface area contributed by atoms with Crippen LogP contribution in [0.3, 0.4) is 0 Å². The Hall–Kier alpha value is -2.37. The van der Waals surface area contributed by atoms with E-state index in [2.05, 4.69) is 4.98 Å². The number of pyridine rings is 1. The first-order valence-corrected chi connectivity index (χ1v) is 6.25. The molecule has 1 heterocycles. The maximum atomic E-state index is 12.7. The molecule has 0 aliphatic heterocycles. The normalized spacial score (nSPS) is 11.2. The number of hydrogen-bond acceptors (Lipinski definition) is 3. The summed E-state index contributed by atoms with van der Waals surface area (Å²) in [6.45, 7) is 1.64. The molecule has 0 N–H and O–H groups in total. The van der Waals surface area contributed by atoms with Gasteiger partial charge in [-0.25, -0.2) is 4.98 Å². The third-order valence-electron chi connectivity index (χ3n) is 2.72. The molecule has 1 aromatic carbocycles. The van der Waals surface area contributed by atoms with Crippen LogP contribution in [0.1, 0.15) is 18.9 Å². The molecule has 0 unspecified atom stereocenters. The second kappa shape index (κ2) is 5.95. The van der Waals surface area contributed by atoms with Crippen LogP contribution in [0, 0.1) is 0 Å². The summed E-state index contributed by atoms with van der Waals surface area (Å²) in [5, 5.41) is 0. The second-order valence-corrected chi connectivity index (χ2v) is 4.27. The molecule has 0 amide bonds. The monoisotopic (exact) mass is 295 g/mol. The number of alkyl halides is 3. The highest BCUT2D eigenvalue weighted by molar-refractivity contribution is 5.71. The molecule has 0 aliphatic carbocycles. The van der Waals surface area contributed by atoms with Gasteiger partial charge in [0, 0.05) is 18.1 Å². The molecule has 0 saturated heterocycles. The average molecular weight is 295 g/mol. The Balaban J connectivity index is 2.34. The lowest BCUT2D eigenvalue weighted by atomic mass is 10.1. The molecular weight excluding hydrogens is 283 g/mol. The van der Waals surface area contributed by atoms with Gasteiger partial charge in [-0.3, -0.25) is 4.79 Å². The highest BCUT2D eigenvalue weighted by Gasteiger charge is 2.30. The first-order valence-electron chi connectivity index (χ1n) is 6.25. The van der Waals surface area contributed by atoms with Crippen LogP contribution in [-0.4, -0.2) is 11.0 Å². The van der Waals surface area contributed by atoms with E-state index in [0.29, 0.717) is 11.3 Å². The molecule has 21 heavy (non-hydrogen) atoms. The smallest absolute Gasteiger partial charge is 0.407 e. The third kappa shape index (κ3) is 3.81. The summed E-state index contributed by atoms with van der Waals surface area (Å²) in [6.07, 6.45) is -4.22. The fraction of sp³-hybridized carbons (Fsp3) is 0.200. The molecular formula is C15H12F3NO2. The van der Waals surface area contributed by atoms with Gasteiger partial charge in [0.25, 0.3) is 0 Å². The molecule has 3 nitrogen and oxygen atoms in total. The van der Waals surface area contributed by atoms with Gasteiger partial charge in [-0.1, -0.05) is 25.1 Å². The van der Waals surface area contributed by atoms with Gasteiger partial charge in [0.2, 0.25) is 5.88 Å². The van der Waals surface area contributed by atoms with E-state index in [9.17, 15) is 18.0 Å². The van der Waals surface area contributed by atoms with Gasteiger partial charge in [-0.2, -0.15) is 13.2 Å². The van der Waals surface area contributed by atoms with E-state index in [1.54, 1.807) is 19.1 Å². The van der Waals surface area contributed by atoms with E-state index < -0.39 is 17.7 Å². The van der Waals surface area contributed by atoms with E-state index in [1.165, 1.54) is 18.2 Å². The maximum absolute atomic E-state index is 12.7. The SMILES string of the molecule is CCC(=O)Oc1cccc(-c2cccc(C(F)(F)F)c2)n1. The largest absolute Gasteiger partial charge is 0.416 e. The molecule has 2 aromatic rings. The molecule has 0 atom stereocenters. The molecule has 0 spiro atoms. The summed E-state index contributed by atoms with van der Waals surface area (Å²) in [7, 11) is 0. The molecule has 1 aromatic heterocycles. The zero-order valence-electron chi connectivity index (χ0n) is 11.1. The van der Waals surface area contributed by atoms with Gasteiger partial charge in [0.1, 0.15) is 0 Å². The number of rotatable bonds is 3. The zero-order chi connectivity index (χ0) is 15.5. The quantitative estimate of drug-likeness (QED) is 0.801. The van der Waals surface area contributed by atoms with Crippen molar-refractivity contribution in [3.8, 4) is 17.1 Å². The topological polar surface area (TPSA) is 39.2 Å². The van der Waals surface area contributed by atoms with Crippen LogP contribution in [0.25, 0.3) is 11.3 Å². The molecule has 0 aliphatic rings. The van der Waals surface area contributed by atoms with Crippen LogP contribution >= 0.6 is 0 Å². The van der Waals surface area contributed by atoms with Crippen molar-refractivity contribution in [1.82, 2.24) is 4.98 Å². The van der Waals surface area contributed by atoms with Crippen LogP contribution in [0.4, 0.5) is 13.2 Å². The molecule has 0 bridgehead atoms. The van der Waals surface area contributed by atoms with Crippen molar-refractivity contribution in [1.29, 1.82) is 0 Å². The molecule has 0 saturated carbocycles. The number of halogens is 3. The number of ether oxygens (including phenoxy) is 1. The second-order valence-electron chi connectivity index (χ2n) is 4.27. The van der Waals surface area contributed by atoms with E-state index in [0.717, 1.165) is 12.1 Å². The van der Waals surface area contributed by atoms with Gasteiger partial charge >= 0.3 is 12.1 Å². The lowest BCUT2D eigenvalue weighted by Gasteiger charge is -2.09. The summed E-state index contributed by atoms with van der Waals surface area (Å²) < 4.78 is 43.0. The fourth-order valence-corrected chi connectivity index (χ4v) is 1.68. The maximum Gasteiger partial charge on any atom is 0.416 e. The van der Waals surface area contributed by atoms with Crippen molar-refractivity contribution in [2.75, 3.05) is 0 Å². The van der Waals surface area contributed by atoms with Crippen LogP contribution in [0.5, 0.6) is 5.88 Å². The first-order chi connectivity index (χ1) is 9.90. The van der Waals surface area contributed by atoms with Crippen molar-refractivity contribution in [2.24, 2.45) is 0 Å². The molecule has 0 fully saturated rings. The van der Waals surface area contributed by atoms with Gasteiger partial charge in [0.05, 0.1) is 11.3 Å². The minimum atomic E-state index is -4.41. The van der Waals surface area contributed by atoms with Crippen LogP contribution in [0.15, 0.2) is 42.5 Å². The summed E-state index contributed by atoms with van der Waals surface area (Å²) in [5.74, 6) is -0.388. The fourth-order valence-electron chi connectivity index (χ4n) is 1.68. The van der Waals surface area contributed by atoms with Crippen LogP contribution < -0.4 is 4.74 Å². The summed E-state index contributed by atoms with van der Waals surface area (Å²) in [4.78, 5) is 15.2. The van der Waals surface area contributed by atoms with Crippen molar-refractivity contribution in [2.45, 2.75) is 19.5 Å². The molecule has 6 heteroatoms. The Labute approximate surface area is 119 Å². The lowest BCUT2D eigenvalue weighted by Crippen LogP contribution is -2.07. The van der Waals surface area contributed by atoms with Crippen molar-refractivity contribution in [3.05, 3.63) is 48.0 Å². The van der Waals surface area contributed by atoms with E-state index in [1.807, 2.05) is 0 Å². The standard InChI is InChI=1S/C15H12F3NO2/c1-2-14(20)21-13-8-4-7-12(19-13)10-5-3-6-11(9-10)15(16,17)18/h3-9H,2H2,1H3. The Morgan fingerprint density at radius 3 is 2.57 bits per heavy atom. The molecule has 2 rings (SSSR count). The van der Waals surface area contributed by atoms with Gasteiger partial charge in [0.15, 0.2) is 0 Å². The third-order valence-corrected chi connectivity index (χ3v) is 2.72. The van der Waals surface area contributed by atoms with Gasteiger partial charge < -0.3 is 4.74 Å². The lowest BCUT2D eigenvalue weighted by molar-refractivity contribution is -0.137. The van der Waals surface area contributed by atoms with Crippen molar-refractivity contribution >= 4 is 5.97 Å². The summed E-state index contributed by atoms with van der Waals surface area (Å²) in [6, 6.07) is 9.43. The number of nitrogens with zero attached hydrogens (tertiary/aromatic N) is 1. The number of benzene rings is 1. The number of carbonyl (C=O) groups excluding carboxylic acids is 1. The molecule has 0 radical (unpaired) electrons. The summed E-state index contributed by atoms with van der Waals surface area (Å²) in [5.41, 5.74) is -0.139. The minimum Gasteiger partial charge on any atom is -0.407 e. The Morgan fingerprint density at radius 1 is 1.19 bits per heavy atom. The van der Waals surface area contributed by atoms with E-state index in [4.69, 9.17) is 4.74 Å².